The highest BCUT2D eigenvalue weighted by atomic mass is 16.5. The zero-order chi connectivity index (χ0) is 12.4. The van der Waals surface area contributed by atoms with Gasteiger partial charge >= 0.3 is 5.97 Å². The Labute approximate surface area is 100 Å². The minimum atomic E-state index is -0.717. The average Bonchev–Trinajstić information content (AvgIpc) is 2.67. The predicted molar refractivity (Wildman–Crippen MR) is 61.7 cm³/mol. The number of nitrogens with one attached hydrogen (secondary N) is 1. The van der Waals surface area contributed by atoms with Gasteiger partial charge in [0.2, 0.25) is 0 Å². The van der Waals surface area contributed by atoms with Crippen LogP contribution in [0.4, 0.5) is 0 Å². The van der Waals surface area contributed by atoms with Crippen LogP contribution in [0.1, 0.15) is 37.5 Å². The zero-order valence-corrected chi connectivity index (χ0v) is 10.2. The van der Waals surface area contributed by atoms with Crippen LogP contribution in [-0.4, -0.2) is 27.1 Å². The van der Waals surface area contributed by atoms with Crippen LogP contribution < -0.4 is 0 Å². The number of hydrogen-bond donors (Lipinski definition) is 2. The number of imidazole rings is 1. The van der Waals surface area contributed by atoms with Crippen molar-refractivity contribution in [1.82, 2.24) is 9.97 Å². The molecule has 0 radical (unpaired) electrons. The molecule has 0 saturated carbocycles. The third-order valence-corrected chi connectivity index (χ3v) is 3.00. The van der Waals surface area contributed by atoms with Crippen LogP contribution in [0.15, 0.2) is 0 Å². The summed E-state index contributed by atoms with van der Waals surface area (Å²) in [4.78, 5) is 18.5. The molecule has 5 heteroatoms. The van der Waals surface area contributed by atoms with Gasteiger partial charge in [-0.15, -0.1) is 0 Å². The van der Waals surface area contributed by atoms with E-state index in [1.54, 1.807) is 0 Å². The van der Waals surface area contributed by atoms with Gasteiger partial charge in [-0.3, -0.25) is 4.79 Å². The Morgan fingerprint density at radius 2 is 2.41 bits per heavy atom. The van der Waals surface area contributed by atoms with E-state index in [4.69, 9.17) is 9.84 Å². The molecule has 0 aliphatic heterocycles. The third-order valence-electron chi connectivity index (χ3n) is 3.00. The number of hydrogen-bond acceptors (Lipinski definition) is 3. The first kappa shape index (κ1) is 12.1. The Morgan fingerprint density at radius 1 is 1.65 bits per heavy atom. The highest BCUT2D eigenvalue weighted by Gasteiger charge is 2.26. The summed E-state index contributed by atoms with van der Waals surface area (Å²) in [5, 5.41) is 8.99. The van der Waals surface area contributed by atoms with Gasteiger partial charge in [-0.1, -0.05) is 0 Å². The first-order valence-electron chi connectivity index (χ1n) is 5.97. The normalized spacial score (nSPS) is 19.4. The first-order valence-corrected chi connectivity index (χ1v) is 5.97. The molecule has 0 saturated heterocycles. The number of H-pyrrole nitrogens is 1. The molecule has 94 valence electrons. The molecule has 1 aliphatic rings. The minimum absolute atomic E-state index is 0.170. The number of carboxylic acid groups (broad SMARTS) is 1. The van der Waals surface area contributed by atoms with E-state index in [-0.39, 0.29) is 12.0 Å². The van der Waals surface area contributed by atoms with Gasteiger partial charge in [0.25, 0.3) is 0 Å². The summed E-state index contributed by atoms with van der Waals surface area (Å²) in [5.74, 6) is -0.193. The molecule has 2 N–H and O–H groups in total. The lowest BCUT2D eigenvalue weighted by atomic mass is 9.90. The molecule has 1 aromatic rings. The fraction of sp³-hybridized carbons (Fsp3) is 0.667. The smallest absolute Gasteiger partial charge is 0.306 e. The van der Waals surface area contributed by atoms with Crippen molar-refractivity contribution >= 4 is 5.97 Å². The van der Waals surface area contributed by atoms with Crippen LogP contribution in [0.3, 0.4) is 0 Å². The number of carboxylic acids is 1. The van der Waals surface area contributed by atoms with Crippen LogP contribution >= 0.6 is 0 Å². The number of carbonyl (C=O) groups is 1. The number of fused-ring (bicyclic) bond motifs is 1. The van der Waals surface area contributed by atoms with E-state index in [2.05, 4.69) is 9.97 Å². The van der Waals surface area contributed by atoms with E-state index in [0.717, 1.165) is 23.6 Å². The molecule has 17 heavy (non-hydrogen) atoms. The molecule has 1 heterocycles. The Kier molecular flexibility index (Phi) is 3.47. The van der Waals surface area contributed by atoms with Gasteiger partial charge in [0, 0.05) is 12.1 Å². The fourth-order valence-corrected chi connectivity index (χ4v) is 2.06. The van der Waals surface area contributed by atoms with E-state index >= 15 is 0 Å². The highest BCUT2D eigenvalue weighted by molar-refractivity contribution is 5.70. The number of ether oxygens (including phenoxy) is 1. The van der Waals surface area contributed by atoms with Gasteiger partial charge < -0.3 is 14.8 Å². The van der Waals surface area contributed by atoms with Gasteiger partial charge in [-0.2, -0.15) is 0 Å². The van der Waals surface area contributed by atoms with E-state index in [9.17, 15) is 4.79 Å². The van der Waals surface area contributed by atoms with Gasteiger partial charge in [-0.25, -0.2) is 4.98 Å². The molecule has 0 fully saturated rings. The van der Waals surface area contributed by atoms with Crippen molar-refractivity contribution in [2.45, 2.75) is 45.8 Å². The number of aromatic nitrogens is 2. The molecular formula is C12H18N2O3. The monoisotopic (exact) mass is 238 g/mol. The number of aromatic amines is 1. The van der Waals surface area contributed by atoms with Crippen molar-refractivity contribution in [3.8, 4) is 0 Å². The summed E-state index contributed by atoms with van der Waals surface area (Å²) in [6.07, 6.45) is 2.14. The van der Waals surface area contributed by atoms with Crippen LogP contribution in [0.5, 0.6) is 0 Å². The molecule has 1 unspecified atom stereocenters. The third kappa shape index (κ3) is 2.85. The second kappa shape index (κ2) is 4.87. The van der Waals surface area contributed by atoms with Gasteiger partial charge in [0.05, 0.1) is 17.7 Å². The summed E-state index contributed by atoms with van der Waals surface area (Å²) in [7, 11) is 0. The highest BCUT2D eigenvalue weighted by Crippen LogP contribution is 2.24. The molecule has 1 aliphatic carbocycles. The Morgan fingerprint density at radius 3 is 3.06 bits per heavy atom. The Balaban J connectivity index is 2.04. The molecule has 2 rings (SSSR count). The summed E-state index contributed by atoms with van der Waals surface area (Å²) < 4.78 is 5.47. The van der Waals surface area contributed by atoms with Crippen molar-refractivity contribution in [2.24, 2.45) is 5.92 Å². The number of aryl methyl sites for hydroxylation is 1. The summed E-state index contributed by atoms with van der Waals surface area (Å²) in [6.45, 7) is 4.41. The van der Waals surface area contributed by atoms with Gasteiger partial charge in [-0.05, 0) is 26.7 Å². The predicted octanol–water partition coefficient (Wildman–Crippen LogP) is 1.52. The van der Waals surface area contributed by atoms with E-state index in [0.29, 0.717) is 19.4 Å². The largest absolute Gasteiger partial charge is 0.481 e. The van der Waals surface area contributed by atoms with E-state index in [1.165, 1.54) is 0 Å². The molecule has 1 atom stereocenters. The lowest BCUT2D eigenvalue weighted by Crippen LogP contribution is -2.22. The molecule has 0 amide bonds. The molecule has 0 bridgehead atoms. The maximum Gasteiger partial charge on any atom is 0.306 e. The maximum absolute atomic E-state index is 10.9. The van der Waals surface area contributed by atoms with Crippen LogP contribution in [-0.2, 0) is 29.0 Å². The van der Waals surface area contributed by atoms with Gasteiger partial charge in [0.15, 0.2) is 0 Å². The topological polar surface area (TPSA) is 75.2 Å². The Hall–Kier alpha value is -1.36. The number of aliphatic carboxylic acids is 1. The maximum atomic E-state index is 10.9. The molecule has 0 spiro atoms. The SMILES string of the molecule is CC(C)OCc1nc2c([nH]1)CC(C(=O)O)CC2. The van der Waals surface area contributed by atoms with E-state index in [1.807, 2.05) is 13.8 Å². The van der Waals surface area contributed by atoms with Crippen molar-refractivity contribution in [1.29, 1.82) is 0 Å². The second-order valence-corrected chi connectivity index (χ2v) is 4.75. The van der Waals surface area contributed by atoms with Crippen molar-refractivity contribution in [2.75, 3.05) is 0 Å². The van der Waals surface area contributed by atoms with Crippen molar-refractivity contribution in [3.63, 3.8) is 0 Å². The average molecular weight is 238 g/mol. The van der Waals surface area contributed by atoms with Crippen molar-refractivity contribution < 1.29 is 14.6 Å². The van der Waals surface area contributed by atoms with Crippen molar-refractivity contribution in [3.05, 3.63) is 17.2 Å². The number of nitrogens with zero attached hydrogens (tertiary/aromatic N) is 1. The summed E-state index contributed by atoms with van der Waals surface area (Å²) in [6, 6.07) is 0. The molecular weight excluding hydrogens is 220 g/mol. The standard InChI is InChI=1S/C12H18N2O3/c1-7(2)17-6-11-13-9-4-3-8(12(15)16)5-10(9)14-11/h7-8H,3-6H2,1-2H3,(H,13,14)(H,15,16). The fourth-order valence-electron chi connectivity index (χ4n) is 2.06. The molecule has 5 nitrogen and oxygen atoms in total. The van der Waals surface area contributed by atoms with E-state index < -0.39 is 5.97 Å². The second-order valence-electron chi connectivity index (χ2n) is 4.75. The number of rotatable bonds is 4. The van der Waals surface area contributed by atoms with Crippen LogP contribution in [0.2, 0.25) is 0 Å². The van der Waals surface area contributed by atoms with Crippen LogP contribution in [0.25, 0.3) is 0 Å². The summed E-state index contributed by atoms with van der Waals surface area (Å²) in [5.41, 5.74) is 1.97. The molecule has 1 aromatic heterocycles. The first-order chi connectivity index (χ1) is 8.06. The minimum Gasteiger partial charge on any atom is -0.481 e. The van der Waals surface area contributed by atoms with Crippen LogP contribution in [0, 0.1) is 5.92 Å². The van der Waals surface area contributed by atoms with Gasteiger partial charge in [0.1, 0.15) is 12.4 Å². The lowest BCUT2D eigenvalue weighted by molar-refractivity contribution is -0.142. The quantitative estimate of drug-likeness (QED) is 0.834. The Bertz CT molecular complexity index is 412. The zero-order valence-electron chi connectivity index (χ0n) is 10.2. The lowest BCUT2D eigenvalue weighted by Gasteiger charge is -2.16. The molecule has 0 aromatic carbocycles. The summed E-state index contributed by atoms with van der Waals surface area (Å²) >= 11 is 0.